The number of nitrogens with one attached hydrogen (secondary N) is 1. The predicted molar refractivity (Wildman–Crippen MR) is 59.4 cm³/mol. The second-order valence-electron chi connectivity index (χ2n) is 2.80. The molecular formula is C10H7BrFN3. The van der Waals surface area contributed by atoms with E-state index in [4.69, 9.17) is 0 Å². The average molecular weight is 268 g/mol. The van der Waals surface area contributed by atoms with Crippen LogP contribution in [-0.4, -0.2) is 9.97 Å². The van der Waals surface area contributed by atoms with Gasteiger partial charge in [0.15, 0.2) is 5.82 Å². The van der Waals surface area contributed by atoms with Gasteiger partial charge in [-0.15, -0.1) is 0 Å². The van der Waals surface area contributed by atoms with Crippen LogP contribution in [0.2, 0.25) is 0 Å². The van der Waals surface area contributed by atoms with E-state index in [-0.39, 0.29) is 5.82 Å². The van der Waals surface area contributed by atoms with E-state index in [1.165, 1.54) is 12.4 Å². The summed E-state index contributed by atoms with van der Waals surface area (Å²) in [6.07, 6.45) is 2.74. The highest BCUT2D eigenvalue weighted by atomic mass is 79.9. The van der Waals surface area contributed by atoms with Gasteiger partial charge in [0.2, 0.25) is 0 Å². The Morgan fingerprint density at radius 3 is 2.60 bits per heavy atom. The van der Waals surface area contributed by atoms with Crippen molar-refractivity contribution >= 4 is 27.4 Å². The molecule has 0 saturated carbocycles. The number of rotatable bonds is 2. The third kappa shape index (κ3) is 2.30. The van der Waals surface area contributed by atoms with E-state index in [1.54, 1.807) is 0 Å². The summed E-state index contributed by atoms with van der Waals surface area (Å²) in [4.78, 5) is 7.34. The van der Waals surface area contributed by atoms with Crippen LogP contribution in [0.4, 0.5) is 15.9 Å². The van der Waals surface area contributed by atoms with Crippen LogP contribution in [0.3, 0.4) is 0 Å². The monoisotopic (exact) mass is 267 g/mol. The summed E-state index contributed by atoms with van der Waals surface area (Å²) in [6, 6.07) is 7.40. The first kappa shape index (κ1) is 10.0. The minimum absolute atomic E-state index is 0.115. The molecular weight excluding hydrogens is 261 g/mol. The van der Waals surface area contributed by atoms with Gasteiger partial charge in [-0.1, -0.05) is 12.1 Å². The zero-order valence-electron chi connectivity index (χ0n) is 7.61. The molecule has 5 heteroatoms. The van der Waals surface area contributed by atoms with Crippen molar-refractivity contribution in [3.05, 3.63) is 47.1 Å². The van der Waals surface area contributed by atoms with Gasteiger partial charge in [0, 0.05) is 16.9 Å². The minimum Gasteiger partial charge on any atom is -0.335 e. The maximum Gasteiger partial charge on any atom is 0.255 e. The van der Waals surface area contributed by atoms with Gasteiger partial charge in [-0.05, 0) is 28.1 Å². The van der Waals surface area contributed by atoms with Gasteiger partial charge in [0.25, 0.3) is 5.95 Å². The van der Waals surface area contributed by atoms with Crippen LogP contribution in [0.15, 0.2) is 41.1 Å². The molecule has 3 nitrogen and oxygen atoms in total. The lowest BCUT2D eigenvalue weighted by Gasteiger charge is -2.06. The van der Waals surface area contributed by atoms with Crippen LogP contribution in [0.1, 0.15) is 0 Å². The summed E-state index contributed by atoms with van der Waals surface area (Å²) in [6.45, 7) is 0. The second-order valence-corrected chi connectivity index (χ2v) is 3.65. The normalized spacial score (nSPS) is 10.0. The largest absolute Gasteiger partial charge is 0.335 e. The smallest absolute Gasteiger partial charge is 0.255 e. The molecule has 0 spiro atoms. The van der Waals surface area contributed by atoms with Crippen molar-refractivity contribution in [1.82, 2.24) is 9.97 Å². The fraction of sp³-hybridized carbons (Fsp3) is 0. The maximum atomic E-state index is 13.2. The Balaban J connectivity index is 2.30. The molecule has 1 aromatic heterocycles. The first-order chi connectivity index (χ1) is 7.27. The molecule has 0 bridgehead atoms. The topological polar surface area (TPSA) is 37.8 Å². The van der Waals surface area contributed by atoms with Crippen LogP contribution >= 0.6 is 15.9 Å². The fourth-order valence-corrected chi connectivity index (χ4v) is 1.48. The molecule has 76 valence electrons. The van der Waals surface area contributed by atoms with Crippen LogP contribution in [0, 0.1) is 5.95 Å². The molecule has 0 aliphatic heterocycles. The summed E-state index contributed by atoms with van der Waals surface area (Å²) in [5.74, 6) is -0.502. The number of para-hydroxylation sites is 1. The molecule has 2 rings (SSSR count). The van der Waals surface area contributed by atoms with Crippen molar-refractivity contribution < 1.29 is 4.39 Å². The van der Waals surface area contributed by atoms with E-state index in [0.717, 1.165) is 10.2 Å². The molecule has 1 N–H and O–H groups in total. The molecule has 15 heavy (non-hydrogen) atoms. The highest BCUT2D eigenvalue weighted by Gasteiger charge is 2.05. The Labute approximate surface area is 94.5 Å². The first-order valence-electron chi connectivity index (χ1n) is 4.25. The number of aromatic nitrogens is 2. The number of anilines is 2. The number of benzene rings is 1. The molecule has 1 heterocycles. The van der Waals surface area contributed by atoms with Crippen LogP contribution < -0.4 is 5.32 Å². The molecule has 0 aliphatic rings. The Hall–Kier alpha value is -1.49. The molecule has 0 amide bonds. The molecule has 0 aliphatic carbocycles. The lowest BCUT2D eigenvalue weighted by atomic mass is 10.3. The number of hydrogen-bond donors (Lipinski definition) is 1. The molecule has 0 saturated heterocycles. The first-order valence-corrected chi connectivity index (χ1v) is 5.05. The summed E-state index contributed by atoms with van der Waals surface area (Å²) in [5, 5.41) is 2.84. The SMILES string of the molecule is Fc1nccnc1Nc1ccccc1Br. The third-order valence-electron chi connectivity index (χ3n) is 1.78. The average Bonchev–Trinajstić information content (AvgIpc) is 2.24. The standard InChI is InChI=1S/C10H7BrFN3/c11-7-3-1-2-4-8(7)15-10-9(12)13-5-6-14-10/h1-6H,(H,14,15). The number of halogens is 2. The summed E-state index contributed by atoms with van der Waals surface area (Å²) < 4.78 is 14.0. The van der Waals surface area contributed by atoms with Crippen molar-refractivity contribution in [1.29, 1.82) is 0 Å². The highest BCUT2D eigenvalue weighted by molar-refractivity contribution is 9.10. The number of nitrogens with zero attached hydrogens (tertiary/aromatic N) is 2. The van der Waals surface area contributed by atoms with Crippen molar-refractivity contribution in [2.24, 2.45) is 0 Å². The summed E-state index contributed by atoms with van der Waals surface area (Å²) >= 11 is 3.35. The maximum absolute atomic E-state index is 13.2. The highest BCUT2D eigenvalue weighted by Crippen LogP contribution is 2.24. The van der Waals surface area contributed by atoms with Crippen molar-refractivity contribution in [2.75, 3.05) is 5.32 Å². The van der Waals surface area contributed by atoms with Crippen LogP contribution in [0.5, 0.6) is 0 Å². The lowest BCUT2D eigenvalue weighted by Crippen LogP contribution is -1.98. The Bertz CT molecular complexity index is 432. The predicted octanol–water partition coefficient (Wildman–Crippen LogP) is 3.12. The molecule has 0 radical (unpaired) electrons. The molecule has 2 aromatic rings. The molecule has 1 aromatic carbocycles. The van der Waals surface area contributed by atoms with Gasteiger partial charge in [0.05, 0.1) is 5.69 Å². The Kier molecular flexibility index (Phi) is 2.91. The van der Waals surface area contributed by atoms with Crippen LogP contribution in [0.25, 0.3) is 0 Å². The van der Waals surface area contributed by atoms with Gasteiger partial charge in [-0.3, -0.25) is 0 Å². The summed E-state index contributed by atoms with van der Waals surface area (Å²) in [5.41, 5.74) is 0.747. The van der Waals surface area contributed by atoms with E-state index >= 15 is 0 Å². The van der Waals surface area contributed by atoms with Crippen LogP contribution in [-0.2, 0) is 0 Å². The zero-order valence-corrected chi connectivity index (χ0v) is 9.20. The van der Waals surface area contributed by atoms with Crippen molar-refractivity contribution in [2.45, 2.75) is 0 Å². The van der Waals surface area contributed by atoms with Crippen molar-refractivity contribution in [3.63, 3.8) is 0 Å². The molecule has 0 unspecified atom stereocenters. The third-order valence-corrected chi connectivity index (χ3v) is 2.47. The lowest BCUT2D eigenvalue weighted by molar-refractivity contribution is 0.582. The Morgan fingerprint density at radius 1 is 1.13 bits per heavy atom. The van der Waals surface area contributed by atoms with E-state index in [9.17, 15) is 4.39 Å². The van der Waals surface area contributed by atoms with Gasteiger partial charge >= 0.3 is 0 Å². The van der Waals surface area contributed by atoms with E-state index in [2.05, 4.69) is 31.2 Å². The van der Waals surface area contributed by atoms with Crippen molar-refractivity contribution in [3.8, 4) is 0 Å². The number of hydrogen-bond acceptors (Lipinski definition) is 3. The molecule has 0 fully saturated rings. The van der Waals surface area contributed by atoms with Gasteiger partial charge < -0.3 is 5.32 Å². The zero-order chi connectivity index (χ0) is 10.7. The van der Waals surface area contributed by atoms with E-state index in [1.807, 2.05) is 24.3 Å². The minimum atomic E-state index is -0.617. The second kappa shape index (κ2) is 4.35. The Morgan fingerprint density at radius 2 is 1.87 bits per heavy atom. The van der Waals surface area contributed by atoms with Gasteiger partial charge in [0.1, 0.15) is 0 Å². The van der Waals surface area contributed by atoms with E-state index < -0.39 is 5.95 Å². The quantitative estimate of drug-likeness (QED) is 0.909. The van der Waals surface area contributed by atoms with E-state index in [0.29, 0.717) is 0 Å². The van der Waals surface area contributed by atoms with Gasteiger partial charge in [-0.25, -0.2) is 9.97 Å². The fourth-order valence-electron chi connectivity index (χ4n) is 1.10. The van der Waals surface area contributed by atoms with Gasteiger partial charge in [-0.2, -0.15) is 4.39 Å². The molecule has 0 atom stereocenters. The summed E-state index contributed by atoms with van der Waals surface area (Å²) in [7, 11) is 0.